The normalized spacial score (nSPS) is 11.9. The maximum absolute atomic E-state index is 13.6. The molecule has 6 N–H and O–H groups in total. The Balaban J connectivity index is 1.51. The zero-order valence-electron chi connectivity index (χ0n) is 20.8. The van der Waals surface area contributed by atoms with Gasteiger partial charge >= 0.3 is 0 Å². The molecule has 0 fully saturated rings. The monoisotopic (exact) mass is 536 g/mol. The van der Waals surface area contributed by atoms with Crippen LogP contribution in [0, 0.1) is 23.5 Å². The van der Waals surface area contributed by atoms with Crippen molar-refractivity contribution in [3.63, 3.8) is 0 Å². The van der Waals surface area contributed by atoms with E-state index in [4.69, 9.17) is 5.21 Å². The van der Waals surface area contributed by atoms with Gasteiger partial charge in [0.2, 0.25) is 5.91 Å². The van der Waals surface area contributed by atoms with Crippen LogP contribution in [0.25, 0.3) is 0 Å². The number of benzene rings is 3. The third kappa shape index (κ3) is 8.44. The van der Waals surface area contributed by atoms with Crippen LogP contribution in [0.4, 0.5) is 14.5 Å². The standard InChI is InChI=1S/C28H26F2N4O5/c1-17(35)26(28(38)34-39)33-27(37)20-11-7-18(8-12-20)5-6-19-9-13-21(14-10-19)32-25(36)16-31-15-22-23(29)3-2-4-24(22)30/h2-4,7-14,17,26,31,35,39H,15-16H2,1H3,(H,32,36)(H,33,37)(H,34,38)/t17-,26+/m1/s1. The van der Waals surface area contributed by atoms with Gasteiger partial charge in [-0.25, -0.2) is 14.3 Å². The summed E-state index contributed by atoms with van der Waals surface area (Å²) in [4.78, 5) is 36.0. The van der Waals surface area contributed by atoms with Gasteiger partial charge in [0.25, 0.3) is 11.8 Å². The van der Waals surface area contributed by atoms with Gasteiger partial charge in [-0.15, -0.1) is 0 Å². The fourth-order valence-corrected chi connectivity index (χ4v) is 3.39. The quantitative estimate of drug-likeness (QED) is 0.141. The summed E-state index contributed by atoms with van der Waals surface area (Å²) in [5.41, 5.74) is 3.28. The van der Waals surface area contributed by atoms with Gasteiger partial charge in [0.05, 0.1) is 12.6 Å². The molecule has 0 heterocycles. The summed E-state index contributed by atoms with van der Waals surface area (Å²) in [5.74, 6) is 2.60. The van der Waals surface area contributed by atoms with Crippen molar-refractivity contribution in [1.82, 2.24) is 16.1 Å². The summed E-state index contributed by atoms with van der Waals surface area (Å²) in [5, 5.41) is 26.1. The molecule has 0 spiro atoms. The van der Waals surface area contributed by atoms with Crippen LogP contribution >= 0.6 is 0 Å². The fraction of sp³-hybridized carbons (Fsp3) is 0.179. The lowest BCUT2D eigenvalue weighted by Gasteiger charge is -2.19. The Hall–Kier alpha value is -4.63. The minimum absolute atomic E-state index is 0.130. The number of halogens is 2. The number of anilines is 1. The van der Waals surface area contributed by atoms with E-state index in [1.54, 1.807) is 36.4 Å². The van der Waals surface area contributed by atoms with E-state index in [2.05, 4.69) is 27.8 Å². The highest BCUT2D eigenvalue weighted by atomic mass is 19.1. The Labute approximate surface area is 223 Å². The summed E-state index contributed by atoms with van der Waals surface area (Å²) in [6, 6.07) is 15.2. The summed E-state index contributed by atoms with van der Waals surface area (Å²) >= 11 is 0. The third-order valence-electron chi connectivity index (χ3n) is 5.48. The Kier molecular flexibility index (Phi) is 10.2. The number of aliphatic hydroxyl groups excluding tert-OH is 1. The first-order valence-corrected chi connectivity index (χ1v) is 11.8. The highest BCUT2D eigenvalue weighted by molar-refractivity contribution is 5.97. The maximum Gasteiger partial charge on any atom is 0.268 e. The van der Waals surface area contributed by atoms with Crippen LogP contribution in [0.15, 0.2) is 66.7 Å². The van der Waals surface area contributed by atoms with Gasteiger partial charge in [-0.05, 0) is 67.6 Å². The predicted octanol–water partition coefficient (Wildman–Crippen LogP) is 2.08. The molecule has 0 aliphatic heterocycles. The van der Waals surface area contributed by atoms with E-state index >= 15 is 0 Å². The summed E-state index contributed by atoms with van der Waals surface area (Å²) in [7, 11) is 0. The van der Waals surface area contributed by atoms with Gasteiger partial charge in [-0.2, -0.15) is 0 Å². The van der Waals surface area contributed by atoms with Crippen molar-refractivity contribution in [1.29, 1.82) is 0 Å². The second-order valence-electron chi connectivity index (χ2n) is 8.42. The number of hydrogen-bond donors (Lipinski definition) is 6. The molecule has 0 aliphatic carbocycles. The van der Waals surface area contributed by atoms with E-state index in [1.165, 1.54) is 30.6 Å². The van der Waals surface area contributed by atoms with E-state index in [0.29, 0.717) is 16.8 Å². The second-order valence-corrected chi connectivity index (χ2v) is 8.42. The first-order valence-electron chi connectivity index (χ1n) is 11.8. The summed E-state index contributed by atoms with van der Waals surface area (Å²) in [6.45, 7) is 1.03. The molecule has 39 heavy (non-hydrogen) atoms. The largest absolute Gasteiger partial charge is 0.391 e. The van der Waals surface area contributed by atoms with Crippen LogP contribution in [-0.4, -0.2) is 46.7 Å². The molecule has 3 aromatic carbocycles. The average molecular weight is 537 g/mol. The van der Waals surface area contributed by atoms with Crippen molar-refractivity contribution in [3.8, 4) is 11.8 Å². The molecule has 11 heteroatoms. The molecule has 0 aliphatic rings. The Morgan fingerprint density at radius 1 is 0.897 bits per heavy atom. The van der Waals surface area contributed by atoms with Gasteiger partial charge in [0, 0.05) is 34.5 Å². The molecule has 0 bridgehead atoms. The molecule has 0 saturated heterocycles. The number of hydroxylamine groups is 1. The van der Waals surface area contributed by atoms with Crippen LogP contribution in [0.1, 0.15) is 34.0 Å². The second kappa shape index (κ2) is 13.8. The minimum Gasteiger partial charge on any atom is -0.391 e. The van der Waals surface area contributed by atoms with Crippen LogP contribution in [-0.2, 0) is 16.1 Å². The van der Waals surface area contributed by atoms with Crippen molar-refractivity contribution in [2.75, 3.05) is 11.9 Å². The molecule has 0 saturated carbocycles. The molecule has 2 atom stereocenters. The molecular weight excluding hydrogens is 510 g/mol. The lowest BCUT2D eigenvalue weighted by molar-refractivity contribution is -0.133. The molecule has 3 aromatic rings. The number of rotatable bonds is 9. The first-order chi connectivity index (χ1) is 18.7. The van der Waals surface area contributed by atoms with E-state index in [0.717, 1.165) is 12.1 Å². The highest BCUT2D eigenvalue weighted by Crippen LogP contribution is 2.12. The first kappa shape index (κ1) is 28.9. The Morgan fingerprint density at radius 3 is 2.00 bits per heavy atom. The lowest BCUT2D eigenvalue weighted by atomic mass is 10.1. The van der Waals surface area contributed by atoms with Gasteiger partial charge in [-0.1, -0.05) is 17.9 Å². The van der Waals surface area contributed by atoms with Gasteiger partial charge in [0.15, 0.2) is 0 Å². The molecule has 0 aromatic heterocycles. The topological polar surface area (TPSA) is 140 Å². The van der Waals surface area contributed by atoms with Crippen LogP contribution in [0.5, 0.6) is 0 Å². The van der Waals surface area contributed by atoms with E-state index < -0.39 is 35.6 Å². The summed E-state index contributed by atoms with van der Waals surface area (Å²) in [6.07, 6.45) is -1.22. The number of carbonyl (C=O) groups is 3. The van der Waals surface area contributed by atoms with Crippen LogP contribution < -0.4 is 21.4 Å². The van der Waals surface area contributed by atoms with Crippen molar-refractivity contribution >= 4 is 23.4 Å². The highest BCUT2D eigenvalue weighted by Gasteiger charge is 2.25. The zero-order valence-corrected chi connectivity index (χ0v) is 20.8. The van der Waals surface area contributed by atoms with E-state index in [9.17, 15) is 28.3 Å². The molecule has 0 unspecified atom stereocenters. The van der Waals surface area contributed by atoms with Crippen molar-refractivity contribution < 1.29 is 33.5 Å². The Morgan fingerprint density at radius 2 is 1.46 bits per heavy atom. The SMILES string of the molecule is C[C@@H](O)[C@H](NC(=O)c1ccc(C#Cc2ccc(NC(=O)CNCc3c(F)cccc3F)cc2)cc1)C(=O)NO. The summed E-state index contributed by atoms with van der Waals surface area (Å²) < 4.78 is 27.3. The van der Waals surface area contributed by atoms with Crippen molar-refractivity contribution in [2.45, 2.75) is 25.6 Å². The number of carbonyl (C=O) groups excluding carboxylic acids is 3. The smallest absolute Gasteiger partial charge is 0.268 e. The lowest BCUT2D eigenvalue weighted by Crippen LogP contribution is -2.51. The molecule has 3 rings (SSSR count). The van der Waals surface area contributed by atoms with E-state index in [1.807, 2.05) is 0 Å². The molecule has 9 nitrogen and oxygen atoms in total. The van der Waals surface area contributed by atoms with Crippen molar-refractivity contribution in [3.05, 3.63) is 101 Å². The fourth-order valence-electron chi connectivity index (χ4n) is 3.39. The Bertz CT molecular complexity index is 1360. The third-order valence-corrected chi connectivity index (χ3v) is 5.48. The van der Waals surface area contributed by atoms with Crippen molar-refractivity contribution in [2.24, 2.45) is 0 Å². The molecular formula is C28H26F2N4O5. The average Bonchev–Trinajstić information content (AvgIpc) is 2.92. The van der Waals surface area contributed by atoms with Gasteiger partial charge < -0.3 is 21.1 Å². The number of aliphatic hydroxyl groups is 1. The van der Waals surface area contributed by atoms with Crippen LogP contribution in [0.2, 0.25) is 0 Å². The zero-order chi connectivity index (χ0) is 28.4. The van der Waals surface area contributed by atoms with E-state index in [-0.39, 0.29) is 30.1 Å². The van der Waals surface area contributed by atoms with Gasteiger partial charge in [0.1, 0.15) is 17.7 Å². The predicted molar refractivity (Wildman–Crippen MR) is 138 cm³/mol. The maximum atomic E-state index is 13.6. The number of hydrogen-bond acceptors (Lipinski definition) is 6. The van der Waals surface area contributed by atoms with Gasteiger partial charge in [-0.3, -0.25) is 19.6 Å². The molecule has 0 radical (unpaired) electrons. The number of amides is 3. The molecule has 3 amide bonds. The molecule has 202 valence electrons. The number of nitrogens with one attached hydrogen (secondary N) is 4. The minimum atomic E-state index is -1.32. The van der Waals surface area contributed by atoms with Crippen LogP contribution in [0.3, 0.4) is 0 Å².